The van der Waals surface area contributed by atoms with Gasteiger partial charge in [-0.25, -0.2) is 4.99 Å². The monoisotopic (exact) mass is 397 g/mol. The summed E-state index contributed by atoms with van der Waals surface area (Å²) in [6, 6.07) is 15.0. The number of nitrogens with one attached hydrogen (secondary N) is 2. The van der Waals surface area contributed by atoms with E-state index in [1.807, 2.05) is 56.3 Å². The third-order valence-electron chi connectivity index (χ3n) is 4.03. The van der Waals surface area contributed by atoms with Crippen molar-refractivity contribution in [3.05, 3.63) is 54.1 Å². The van der Waals surface area contributed by atoms with Gasteiger partial charge in [0, 0.05) is 6.42 Å². The number of hydrogen-bond donors (Lipinski definition) is 2. The lowest BCUT2D eigenvalue weighted by Crippen LogP contribution is -2.28. The maximum atomic E-state index is 12.4. The van der Waals surface area contributed by atoms with Crippen LogP contribution in [0.3, 0.4) is 0 Å². The number of carbonyl (C=O) groups excluding carboxylic acids is 2. The van der Waals surface area contributed by atoms with E-state index in [2.05, 4.69) is 15.6 Å². The topological polar surface area (TPSA) is 79.8 Å². The van der Waals surface area contributed by atoms with E-state index in [1.54, 1.807) is 6.07 Å². The third-order valence-corrected chi connectivity index (χ3v) is 5.12. The van der Waals surface area contributed by atoms with E-state index in [9.17, 15) is 9.59 Å². The number of carbonyl (C=O) groups is 2. The number of rotatable bonds is 7. The highest BCUT2D eigenvalue weighted by atomic mass is 32.2. The Morgan fingerprint density at radius 2 is 1.96 bits per heavy atom. The van der Waals surface area contributed by atoms with Crippen LogP contribution in [0.15, 0.2) is 53.5 Å². The van der Waals surface area contributed by atoms with Gasteiger partial charge < -0.3 is 15.4 Å². The van der Waals surface area contributed by atoms with Gasteiger partial charge in [0.15, 0.2) is 5.17 Å². The number of nitrogens with zero attached hydrogens (tertiary/aromatic N) is 1. The first kappa shape index (κ1) is 19.9. The predicted molar refractivity (Wildman–Crippen MR) is 113 cm³/mol. The van der Waals surface area contributed by atoms with Gasteiger partial charge in [0.2, 0.25) is 11.8 Å². The van der Waals surface area contributed by atoms with Crippen LogP contribution < -0.4 is 15.4 Å². The highest BCUT2D eigenvalue weighted by Gasteiger charge is 2.32. The van der Waals surface area contributed by atoms with E-state index in [-0.39, 0.29) is 18.2 Å². The molecule has 6 nitrogen and oxygen atoms in total. The Labute approximate surface area is 168 Å². The number of amides is 2. The molecule has 146 valence electrons. The molecule has 0 spiro atoms. The van der Waals surface area contributed by atoms with Gasteiger partial charge >= 0.3 is 0 Å². The summed E-state index contributed by atoms with van der Waals surface area (Å²) in [7, 11) is 0. The zero-order valence-electron chi connectivity index (χ0n) is 15.9. The van der Waals surface area contributed by atoms with Gasteiger partial charge in [-0.05, 0) is 37.6 Å². The molecule has 3 rings (SSSR count). The van der Waals surface area contributed by atoms with Crippen molar-refractivity contribution < 1.29 is 14.3 Å². The molecular formula is C21H23N3O3S. The molecule has 2 aromatic rings. The van der Waals surface area contributed by atoms with Crippen molar-refractivity contribution in [1.29, 1.82) is 0 Å². The number of aryl methyl sites for hydroxylation is 1. The van der Waals surface area contributed by atoms with E-state index < -0.39 is 5.25 Å². The Bertz CT molecular complexity index is 881. The van der Waals surface area contributed by atoms with Gasteiger partial charge in [-0.15, -0.1) is 0 Å². The van der Waals surface area contributed by atoms with Crippen molar-refractivity contribution in [3.63, 3.8) is 0 Å². The average Bonchev–Trinajstić information content (AvgIpc) is 3.01. The Kier molecular flexibility index (Phi) is 6.71. The fraction of sp³-hybridized carbons (Fsp3) is 0.286. The number of anilines is 1. The van der Waals surface area contributed by atoms with E-state index in [0.29, 0.717) is 23.2 Å². The summed E-state index contributed by atoms with van der Waals surface area (Å²) in [5, 5.41) is 5.59. The lowest BCUT2D eigenvalue weighted by atomic mass is 10.2. The van der Waals surface area contributed by atoms with Crippen LogP contribution in [-0.2, 0) is 9.59 Å². The molecule has 0 radical (unpaired) electrons. The molecule has 0 aromatic heterocycles. The minimum Gasteiger partial charge on any atom is -0.491 e. The zero-order valence-corrected chi connectivity index (χ0v) is 16.7. The molecule has 2 amide bonds. The normalized spacial score (nSPS) is 17.4. The average molecular weight is 398 g/mol. The highest BCUT2D eigenvalue weighted by molar-refractivity contribution is 8.15. The smallest absolute Gasteiger partial charge is 0.240 e. The molecular weight excluding hydrogens is 374 g/mol. The molecule has 0 bridgehead atoms. The summed E-state index contributed by atoms with van der Waals surface area (Å²) in [5.41, 5.74) is 2.52. The summed E-state index contributed by atoms with van der Waals surface area (Å²) >= 11 is 1.27. The molecule has 2 aromatic carbocycles. The molecule has 1 atom stereocenters. The molecule has 1 saturated heterocycles. The van der Waals surface area contributed by atoms with Crippen molar-refractivity contribution in [3.8, 4) is 5.75 Å². The first-order valence-corrected chi connectivity index (χ1v) is 10.1. The highest BCUT2D eigenvalue weighted by Crippen LogP contribution is 2.27. The van der Waals surface area contributed by atoms with Crippen molar-refractivity contribution >= 4 is 40.1 Å². The predicted octanol–water partition coefficient (Wildman–Crippen LogP) is 4.03. The van der Waals surface area contributed by atoms with Gasteiger partial charge in [0.25, 0.3) is 0 Å². The number of thioether (sulfide) groups is 1. The number of ether oxygens (including phenoxy) is 1. The zero-order chi connectivity index (χ0) is 19.9. The molecule has 1 heterocycles. The summed E-state index contributed by atoms with van der Waals surface area (Å²) < 4.78 is 5.65. The van der Waals surface area contributed by atoms with Crippen LogP contribution in [-0.4, -0.2) is 28.8 Å². The molecule has 7 heteroatoms. The Morgan fingerprint density at radius 3 is 2.71 bits per heavy atom. The first-order chi connectivity index (χ1) is 13.5. The van der Waals surface area contributed by atoms with Gasteiger partial charge in [-0.1, -0.05) is 48.5 Å². The second kappa shape index (κ2) is 9.41. The van der Waals surface area contributed by atoms with Crippen molar-refractivity contribution in [2.75, 3.05) is 11.9 Å². The van der Waals surface area contributed by atoms with Crippen molar-refractivity contribution in [2.24, 2.45) is 4.99 Å². The number of aliphatic imine (C=N–C) groups is 1. The molecule has 1 aliphatic rings. The minimum absolute atomic E-state index is 0.0610. The maximum absolute atomic E-state index is 12.4. The number of para-hydroxylation sites is 2. The van der Waals surface area contributed by atoms with Crippen LogP contribution in [0.5, 0.6) is 5.75 Å². The lowest BCUT2D eigenvalue weighted by molar-refractivity contribution is -0.122. The fourth-order valence-electron chi connectivity index (χ4n) is 2.61. The summed E-state index contributed by atoms with van der Waals surface area (Å²) in [6.07, 6.45) is 0.940. The quantitative estimate of drug-likeness (QED) is 0.739. The summed E-state index contributed by atoms with van der Waals surface area (Å²) in [5.74, 6) is 0.182. The molecule has 1 fully saturated rings. The molecule has 0 saturated carbocycles. The minimum atomic E-state index is -0.507. The summed E-state index contributed by atoms with van der Waals surface area (Å²) in [6.45, 7) is 4.60. The Hall–Kier alpha value is -2.80. The van der Waals surface area contributed by atoms with Crippen molar-refractivity contribution in [1.82, 2.24) is 5.32 Å². The molecule has 0 aliphatic carbocycles. The van der Waals surface area contributed by atoms with Crippen LogP contribution in [0.25, 0.3) is 0 Å². The number of benzene rings is 2. The molecule has 0 unspecified atom stereocenters. The standard InChI is InChI=1S/C21H23N3O3S/c1-3-12-27-17-7-5-4-6-16(17)23-19(25)13-18-20(26)24-21(28-18)22-15-10-8-14(2)9-11-15/h4-11,18H,3,12-13H2,1-2H3,(H,23,25)(H,22,24,26)/t18-/m1/s1. The fourth-order valence-corrected chi connectivity index (χ4v) is 3.59. The van der Waals surface area contributed by atoms with Gasteiger partial charge in [0.1, 0.15) is 11.0 Å². The van der Waals surface area contributed by atoms with Crippen molar-refractivity contribution in [2.45, 2.75) is 31.9 Å². The maximum Gasteiger partial charge on any atom is 0.240 e. The second-order valence-electron chi connectivity index (χ2n) is 6.45. The van der Waals surface area contributed by atoms with Crippen LogP contribution in [0, 0.1) is 6.92 Å². The largest absolute Gasteiger partial charge is 0.491 e. The molecule has 28 heavy (non-hydrogen) atoms. The summed E-state index contributed by atoms with van der Waals surface area (Å²) in [4.78, 5) is 29.1. The van der Waals surface area contributed by atoms with Crippen LogP contribution in [0.4, 0.5) is 11.4 Å². The lowest BCUT2D eigenvalue weighted by Gasteiger charge is -2.12. The van der Waals surface area contributed by atoms with Crippen LogP contribution in [0.2, 0.25) is 0 Å². The van der Waals surface area contributed by atoms with Crippen LogP contribution >= 0.6 is 11.8 Å². The van der Waals surface area contributed by atoms with Crippen LogP contribution in [0.1, 0.15) is 25.3 Å². The Morgan fingerprint density at radius 1 is 1.21 bits per heavy atom. The molecule has 2 N–H and O–H groups in total. The van der Waals surface area contributed by atoms with E-state index in [1.165, 1.54) is 11.8 Å². The molecule has 1 aliphatic heterocycles. The van der Waals surface area contributed by atoms with E-state index in [0.717, 1.165) is 17.7 Å². The van der Waals surface area contributed by atoms with E-state index in [4.69, 9.17) is 4.74 Å². The SMILES string of the molecule is CCCOc1ccccc1NC(=O)C[C@H]1SC(=Nc2ccc(C)cc2)NC1=O. The number of hydrogen-bond acceptors (Lipinski definition) is 5. The van der Waals surface area contributed by atoms with Gasteiger partial charge in [0.05, 0.1) is 18.0 Å². The third kappa shape index (κ3) is 5.36. The first-order valence-electron chi connectivity index (χ1n) is 9.19. The van der Waals surface area contributed by atoms with Gasteiger partial charge in [-0.3, -0.25) is 9.59 Å². The second-order valence-corrected chi connectivity index (χ2v) is 7.64. The Balaban J connectivity index is 1.60. The number of amidine groups is 1. The van der Waals surface area contributed by atoms with E-state index >= 15 is 0 Å². The van der Waals surface area contributed by atoms with Gasteiger partial charge in [-0.2, -0.15) is 0 Å².